The van der Waals surface area contributed by atoms with Gasteiger partial charge in [0, 0.05) is 10.4 Å². The first-order valence-corrected chi connectivity index (χ1v) is 4.21. The molecule has 12 heavy (non-hydrogen) atoms. The van der Waals surface area contributed by atoms with Crippen LogP contribution in [-0.2, 0) is 4.57 Å². The first-order chi connectivity index (χ1) is 5.83. The van der Waals surface area contributed by atoms with Gasteiger partial charge in [0.1, 0.15) is 0 Å². The van der Waals surface area contributed by atoms with Gasteiger partial charge in [-0.3, -0.25) is 0 Å². The van der Waals surface area contributed by atoms with E-state index in [0.717, 1.165) is 0 Å². The Hall–Kier alpha value is -1.57. The van der Waals surface area contributed by atoms with Gasteiger partial charge in [-0.1, -0.05) is 18.2 Å². The third-order valence-electron chi connectivity index (χ3n) is 1.04. The van der Waals surface area contributed by atoms with Crippen LogP contribution in [0.4, 0.5) is 0 Å². The highest BCUT2D eigenvalue weighted by atomic mass is 31.1. The summed E-state index contributed by atoms with van der Waals surface area (Å²) in [6, 6.07) is 8.51. The van der Waals surface area contributed by atoms with Gasteiger partial charge in [0.25, 0.3) is 0 Å². The Morgan fingerprint density at radius 3 is 2.67 bits per heavy atom. The Labute approximate surface area is 69.5 Å². The van der Waals surface area contributed by atoms with Gasteiger partial charge >= 0.3 is 8.18 Å². The molecule has 1 atom stereocenters. The summed E-state index contributed by atoms with van der Waals surface area (Å²) >= 11 is 0. The van der Waals surface area contributed by atoms with Crippen LogP contribution in [0.25, 0.3) is 10.4 Å². The van der Waals surface area contributed by atoms with Gasteiger partial charge < -0.3 is 0 Å². The molecule has 1 rings (SSSR count). The van der Waals surface area contributed by atoms with Gasteiger partial charge in [-0.2, -0.15) is 0 Å². The van der Waals surface area contributed by atoms with Crippen LogP contribution >= 0.6 is 8.18 Å². The van der Waals surface area contributed by atoms with Crippen molar-refractivity contribution in [2.24, 2.45) is 4.88 Å². The lowest BCUT2D eigenvalue weighted by molar-refractivity contribution is 0.506. The Bertz CT molecular complexity index is 321. The molecule has 60 valence electrons. The molecule has 0 heterocycles. The van der Waals surface area contributed by atoms with Crippen LogP contribution in [0.5, 0.6) is 5.75 Å². The molecule has 0 aliphatic rings. The second-order valence-electron chi connectivity index (χ2n) is 1.82. The summed E-state index contributed by atoms with van der Waals surface area (Å²) in [5.41, 5.74) is 7.91. The van der Waals surface area contributed by atoms with Crippen LogP contribution in [0.15, 0.2) is 35.2 Å². The Morgan fingerprint density at radius 1 is 1.42 bits per heavy atom. The molecule has 0 radical (unpaired) electrons. The molecule has 0 N–H and O–H groups in total. The number of rotatable bonds is 3. The van der Waals surface area contributed by atoms with Crippen molar-refractivity contribution in [3.05, 3.63) is 40.8 Å². The molecule has 0 aliphatic heterocycles. The summed E-state index contributed by atoms with van der Waals surface area (Å²) in [7, 11) is -2.30. The van der Waals surface area contributed by atoms with E-state index in [1.807, 2.05) is 0 Å². The summed E-state index contributed by atoms with van der Waals surface area (Å²) < 4.78 is 15.5. The normalized spacial score (nSPS) is 9.83. The number of hydrogen-bond acceptors (Lipinski definition) is 2. The fourth-order valence-electron chi connectivity index (χ4n) is 0.622. The average Bonchev–Trinajstić information content (AvgIpc) is 2.06. The van der Waals surface area contributed by atoms with Gasteiger partial charge in [0.15, 0.2) is 5.75 Å². The fraction of sp³-hybridized carbons (Fsp3) is 0. The number of para-hydroxylation sites is 1. The lowest BCUT2D eigenvalue weighted by atomic mass is 10.3. The first kappa shape index (κ1) is 8.53. The number of hydrogen-bond donors (Lipinski definition) is 0. The van der Waals surface area contributed by atoms with Crippen molar-refractivity contribution in [3.8, 4) is 5.75 Å². The predicted octanol–water partition coefficient (Wildman–Crippen LogP) is 3.03. The summed E-state index contributed by atoms with van der Waals surface area (Å²) in [6.45, 7) is 0. The summed E-state index contributed by atoms with van der Waals surface area (Å²) in [6.07, 6.45) is 0. The van der Waals surface area contributed by atoms with Crippen molar-refractivity contribution in [3.63, 3.8) is 0 Å². The minimum Gasteiger partial charge on any atom is -0.244 e. The van der Waals surface area contributed by atoms with E-state index < -0.39 is 8.18 Å². The van der Waals surface area contributed by atoms with Crippen molar-refractivity contribution in [2.75, 3.05) is 0 Å². The lowest BCUT2D eigenvalue weighted by Gasteiger charge is -1.86. The zero-order valence-corrected chi connectivity index (χ0v) is 6.89. The van der Waals surface area contributed by atoms with E-state index in [-0.39, 0.29) is 0 Å². The molecule has 0 aliphatic carbocycles. The van der Waals surface area contributed by atoms with Gasteiger partial charge in [0.2, 0.25) is 4.88 Å². The van der Waals surface area contributed by atoms with Gasteiger partial charge in [-0.15, -0.1) is 0 Å². The molecule has 0 amide bonds. The van der Waals surface area contributed by atoms with Crippen molar-refractivity contribution in [2.45, 2.75) is 0 Å². The van der Waals surface area contributed by atoms with E-state index in [4.69, 9.17) is 10.1 Å². The Balaban J connectivity index is 2.64. The predicted molar refractivity (Wildman–Crippen MR) is 43.8 cm³/mol. The molecular weight excluding hydrogens is 177 g/mol. The van der Waals surface area contributed by atoms with Crippen molar-refractivity contribution >= 4 is 8.18 Å². The Kier molecular flexibility index (Phi) is 3.08. The van der Waals surface area contributed by atoms with E-state index in [9.17, 15) is 4.57 Å². The highest BCUT2D eigenvalue weighted by molar-refractivity contribution is 7.37. The maximum absolute atomic E-state index is 10.7. The molecule has 1 unspecified atom stereocenters. The SMILES string of the molecule is [N-]=[N+]=N[P+](=O)Oc1ccccc1. The summed E-state index contributed by atoms with van der Waals surface area (Å²) in [4.78, 5) is 5.24. The number of benzene rings is 1. The topological polar surface area (TPSA) is 75.1 Å². The number of nitrogens with zero attached hydrogens (tertiary/aromatic N) is 3. The average molecular weight is 182 g/mol. The molecule has 0 fully saturated rings. The standard InChI is InChI=1S/C6H5N3O2P/c7-8-9-12(10)11-6-4-2-1-3-5-6/h1-5H/q+1. The summed E-state index contributed by atoms with van der Waals surface area (Å²) in [5.74, 6) is 0.422. The van der Waals surface area contributed by atoms with Crippen LogP contribution in [-0.4, -0.2) is 0 Å². The second kappa shape index (κ2) is 4.34. The minimum atomic E-state index is -2.30. The second-order valence-corrected chi connectivity index (χ2v) is 2.66. The largest absolute Gasteiger partial charge is 0.689 e. The van der Waals surface area contributed by atoms with E-state index in [1.54, 1.807) is 30.3 Å². The monoisotopic (exact) mass is 182 g/mol. The highest BCUT2D eigenvalue weighted by Crippen LogP contribution is 2.27. The number of azide groups is 1. The fourth-order valence-corrected chi connectivity index (χ4v) is 1.03. The van der Waals surface area contributed by atoms with Gasteiger partial charge in [-0.25, -0.2) is 4.52 Å². The van der Waals surface area contributed by atoms with Crippen LogP contribution in [0.3, 0.4) is 0 Å². The molecule has 0 saturated heterocycles. The van der Waals surface area contributed by atoms with Crippen LogP contribution in [0, 0.1) is 0 Å². The zero-order chi connectivity index (χ0) is 8.81. The highest BCUT2D eigenvalue weighted by Gasteiger charge is 2.16. The molecule has 0 spiro atoms. The van der Waals surface area contributed by atoms with Crippen molar-refractivity contribution in [1.82, 2.24) is 0 Å². The van der Waals surface area contributed by atoms with Crippen molar-refractivity contribution < 1.29 is 9.09 Å². The zero-order valence-electron chi connectivity index (χ0n) is 5.99. The smallest absolute Gasteiger partial charge is 0.244 e. The first-order valence-electron chi connectivity index (χ1n) is 3.08. The molecule has 0 saturated carbocycles. The molecule has 6 heteroatoms. The molecule has 5 nitrogen and oxygen atoms in total. The van der Waals surface area contributed by atoms with Gasteiger partial charge in [0.05, 0.1) is 0 Å². The van der Waals surface area contributed by atoms with E-state index in [2.05, 4.69) is 9.80 Å². The summed E-state index contributed by atoms with van der Waals surface area (Å²) in [5, 5.41) is 0. The lowest BCUT2D eigenvalue weighted by Crippen LogP contribution is -1.76. The Morgan fingerprint density at radius 2 is 2.08 bits per heavy atom. The maximum Gasteiger partial charge on any atom is 0.689 e. The van der Waals surface area contributed by atoms with E-state index in [0.29, 0.717) is 5.75 Å². The third-order valence-corrected chi connectivity index (χ3v) is 1.63. The van der Waals surface area contributed by atoms with Crippen LogP contribution in [0.1, 0.15) is 0 Å². The maximum atomic E-state index is 10.7. The quantitative estimate of drug-likeness (QED) is 0.311. The molecule has 0 bridgehead atoms. The minimum absolute atomic E-state index is 0.422. The molecule has 0 aromatic heterocycles. The van der Waals surface area contributed by atoms with Crippen molar-refractivity contribution in [1.29, 1.82) is 0 Å². The molecule has 1 aromatic carbocycles. The molecule has 1 aromatic rings. The third kappa shape index (κ3) is 2.58. The van der Waals surface area contributed by atoms with E-state index in [1.165, 1.54) is 0 Å². The van der Waals surface area contributed by atoms with Crippen LogP contribution < -0.4 is 4.52 Å². The van der Waals surface area contributed by atoms with E-state index >= 15 is 0 Å². The van der Waals surface area contributed by atoms with Crippen LogP contribution in [0.2, 0.25) is 0 Å². The van der Waals surface area contributed by atoms with Gasteiger partial charge in [-0.05, 0) is 16.7 Å². The molecular formula is C6H5N3O2P+.